The molecule has 9 nitrogen and oxygen atoms in total. The summed E-state index contributed by atoms with van der Waals surface area (Å²) in [5, 5.41) is 2.68. The van der Waals surface area contributed by atoms with Crippen LogP contribution in [0.1, 0.15) is 27.8 Å². The van der Waals surface area contributed by atoms with Crippen molar-refractivity contribution in [1.82, 2.24) is 14.9 Å². The first-order valence-corrected chi connectivity index (χ1v) is 8.96. The number of ether oxygens (including phenoxy) is 1. The summed E-state index contributed by atoms with van der Waals surface area (Å²) < 4.78 is 5.01. The van der Waals surface area contributed by atoms with Crippen LogP contribution in [0.15, 0.2) is 36.7 Å². The minimum Gasteiger partial charge on any atom is -0.462 e. The molecule has 2 heterocycles. The number of nitrogens with one attached hydrogen (secondary N) is 1. The van der Waals surface area contributed by atoms with Crippen molar-refractivity contribution in [3.8, 4) is 0 Å². The lowest BCUT2D eigenvalue weighted by Crippen LogP contribution is -2.46. The minimum absolute atomic E-state index is 0.133. The smallest absolute Gasteiger partial charge is 0.340 e. The van der Waals surface area contributed by atoms with Gasteiger partial charge in [-0.25, -0.2) is 14.8 Å². The molecule has 0 aliphatic carbocycles. The SMILES string of the molecule is CCOC(=O)c1ccccc1NC(=O)c1cnc(N2CCN(C=O)CC2)cn1. The van der Waals surface area contributed by atoms with E-state index in [1.54, 1.807) is 36.1 Å². The lowest BCUT2D eigenvalue weighted by atomic mass is 10.1. The zero-order valence-electron chi connectivity index (χ0n) is 15.5. The maximum Gasteiger partial charge on any atom is 0.340 e. The van der Waals surface area contributed by atoms with Gasteiger partial charge in [-0.05, 0) is 19.1 Å². The van der Waals surface area contributed by atoms with Crippen LogP contribution in [-0.4, -0.2) is 65.9 Å². The molecule has 0 radical (unpaired) electrons. The Morgan fingerprint density at radius 1 is 1.14 bits per heavy atom. The van der Waals surface area contributed by atoms with Crippen molar-refractivity contribution < 1.29 is 19.1 Å². The van der Waals surface area contributed by atoms with E-state index in [-0.39, 0.29) is 17.9 Å². The van der Waals surface area contributed by atoms with Crippen LogP contribution >= 0.6 is 0 Å². The molecule has 0 bridgehead atoms. The normalized spacial score (nSPS) is 13.8. The number of piperazine rings is 1. The minimum atomic E-state index is -0.505. The Kier molecular flexibility index (Phi) is 6.15. The van der Waals surface area contributed by atoms with Gasteiger partial charge in [0.1, 0.15) is 11.5 Å². The van der Waals surface area contributed by atoms with Gasteiger partial charge in [0.05, 0.1) is 30.3 Å². The number of nitrogens with zero attached hydrogens (tertiary/aromatic N) is 4. The lowest BCUT2D eigenvalue weighted by molar-refractivity contribution is -0.118. The highest BCUT2D eigenvalue weighted by Crippen LogP contribution is 2.18. The van der Waals surface area contributed by atoms with Crippen molar-refractivity contribution in [3.63, 3.8) is 0 Å². The first-order chi connectivity index (χ1) is 13.6. The van der Waals surface area contributed by atoms with Gasteiger partial charge in [-0.2, -0.15) is 0 Å². The van der Waals surface area contributed by atoms with Crippen molar-refractivity contribution in [1.29, 1.82) is 0 Å². The molecule has 2 amide bonds. The standard InChI is InChI=1S/C19H21N5O4/c1-2-28-19(27)14-5-3-4-6-15(14)22-18(26)16-11-21-17(12-20-16)24-9-7-23(13-25)8-10-24/h3-6,11-13H,2,7-10H2,1H3,(H,22,26). The number of rotatable bonds is 6. The van der Waals surface area contributed by atoms with E-state index in [1.807, 2.05) is 4.90 Å². The molecule has 0 unspecified atom stereocenters. The van der Waals surface area contributed by atoms with Gasteiger partial charge in [0.2, 0.25) is 6.41 Å². The molecular formula is C19H21N5O4. The third-order valence-corrected chi connectivity index (χ3v) is 4.33. The first kappa shape index (κ1) is 19.3. The predicted molar refractivity (Wildman–Crippen MR) is 102 cm³/mol. The highest BCUT2D eigenvalue weighted by molar-refractivity contribution is 6.06. The molecule has 1 N–H and O–H groups in total. The Labute approximate surface area is 162 Å². The van der Waals surface area contributed by atoms with Crippen molar-refractivity contribution in [3.05, 3.63) is 47.9 Å². The van der Waals surface area contributed by atoms with Gasteiger partial charge in [0.15, 0.2) is 0 Å². The maximum absolute atomic E-state index is 12.5. The molecule has 1 saturated heterocycles. The second-order valence-electron chi connectivity index (χ2n) is 6.11. The van der Waals surface area contributed by atoms with Crippen molar-refractivity contribution in [2.24, 2.45) is 0 Å². The van der Waals surface area contributed by atoms with E-state index in [9.17, 15) is 14.4 Å². The Hall–Kier alpha value is -3.49. The summed E-state index contributed by atoms with van der Waals surface area (Å²) in [6.07, 6.45) is 3.76. The van der Waals surface area contributed by atoms with Crippen LogP contribution < -0.4 is 10.2 Å². The molecule has 2 aromatic rings. The summed E-state index contributed by atoms with van der Waals surface area (Å²) >= 11 is 0. The number of hydrogen-bond donors (Lipinski definition) is 1. The summed E-state index contributed by atoms with van der Waals surface area (Å²) in [6.45, 7) is 4.53. The summed E-state index contributed by atoms with van der Waals surface area (Å²) in [5.41, 5.74) is 0.756. The third-order valence-electron chi connectivity index (χ3n) is 4.33. The van der Waals surface area contributed by atoms with E-state index in [0.29, 0.717) is 37.7 Å². The van der Waals surface area contributed by atoms with Crippen LogP contribution in [0.3, 0.4) is 0 Å². The number of esters is 1. The van der Waals surface area contributed by atoms with E-state index in [4.69, 9.17) is 4.74 Å². The third kappa shape index (κ3) is 4.43. The van der Waals surface area contributed by atoms with Gasteiger partial charge in [0, 0.05) is 26.2 Å². The number of benzene rings is 1. The van der Waals surface area contributed by atoms with Crippen molar-refractivity contribution >= 4 is 29.8 Å². The van der Waals surface area contributed by atoms with E-state index in [1.165, 1.54) is 12.4 Å². The average Bonchev–Trinajstić information content (AvgIpc) is 2.74. The lowest BCUT2D eigenvalue weighted by Gasteiger charge is -2.33. The van der Waals surface area contributed by atoms with Gasteiger partial charge < -0.3 is 19.9 Å². The number of hydrogen-bond acceptors (Lipinski definition) is 7. The number of amides is 2. The highest BCUT2D eigenvalue weighted by atomic mass is 16.5. The number of anilines is 2. The Balaban J connectivity index is 1.67. The Morgan fingerprint density at radius 2 is 1.89 bits per heavy atom. The fraction of sp³-hybridized carbons (Fsp3) is 0.316. The molecule has 0 saturated carbocycles. The number of aromatic nitrogens is 2. The molecule has 1 fully saturated rings. The first-order valence-electron chi connectivity index (χ1n) is 8.96. The molecule has 146 valence electrons. The number of carbonyl (C=O) groups is 3. The molecule has 1 aliphatic rings. The molecule has 1 aliphatic heterocycles. The zero-order chi connectivity index (χ0) is 19.9. The summed E-state index contributed by atoms with van der Waals surface area (Å²) in [5.74, 6) is -0.329. The molecule has 1 aromatic heterocycles. The molecule has 3 rings (SSSR count). The summed E-state index contributed by atoms with van der Waals surface area (Å²) in [4.78, 5) is 47.5. The largest absolute Gasteiger partial charge is 0.462 e. The van der Waals surface area contributed by atoms with Gasteiger partial charge in [0.25, 0.3) is 5.91 Å². The van der Waals surface area contributed by atoms with Crippen LogP contribution in [0.4, 0.5) is 11.5 Å². The molecule has 1 aromatic carbocycles. The fourth-order valence-electron chi connectivity index (χ4n) is 2.82. The maximum atomic E-state index is 12.5. The van der Waals surface area contributed by atoms with Crippen LogP contribution in [0.25, 0.3) is 0 Å². The van der Waals surface area contributed by atoms with E-state index in [0.717, 1.165) is 6.41 Å². The van der Waals surface area contributed by atoms with E-state index >= 15 is 0 Å². The van der Waals surface area contributed by atoms with Gasteiger partial charge >= 0.3 is 5.97 Å². The molecule has 0 atom stereocenters. The Bertz CT molecular complexity index is 848. The second kappa shape index (κ2) is 8.94. The number of carbonyl (C=O) groups excluding carboxylic acids is 3. The molecule has 9 heteroatoms. The van der Waals surface area contributed by atoms with Crippen LogP contribution in [-0.2, 0) is 9.53 Å². The summed E-state index contributed by atoms with van der Waals surface area (Å²) in [7, 11) is 0. The van der Waals surface area contributed by atoms with Crippen LogP contribution in [0, 0.1) is 0 Å². The Morgan fingerprint density at radius 3 is 2.54 bits per heavy atom. The van der Waals surface area contributed by atoms with Gasteiger partial charge in [-0.3, -0.25) is 9.59 Å². The van der Waals surface area contributed by atoms with Crippen LogP contribution in [0.5, 0.6) is 0 Å². The number of para-hydroxylation sites is 1. The van der Waals surface area contributed by atoms with E-state index in [2.05, 4.69) is 15.3 Å². The van der Waals surface area contributed by atoms with E-state index < -0.39 is 11.9 Å². The second-order valence-corrected chi connectivity index (χ2v) is 6.11. The highest BCUT2D eigenvalue weighted by Gasteiger charge is 2.19. The average molecular weight is 383 g/mol. The fourth-order valence-corrected chi connectivity index (χ4v) is 2.82. The van der Waals surface area contributed by atoms with Gasteiger partial charge in [-0.1, -0.05) is 12.1 Å². The van der Waals surface area contributed by atoms with Crippen LogP contribution in [0.2, 0.25) is 0 Å². The monoisotopic (exact) mass is 383 g/mol. The van der Waals surface area contributed by atoms with Crippen molar-refractivity contribution in [2.45, 2.75) is 6.92 Å². The summed E-state index contributed by atoms with van der Waals surface area (Å²) in [6, 6.07) is 6.62. The predicted octanol–water partition coefficient (Wildman–Crippen LogP) is 1.18. The molecule has 0 spiro atoms. The van der Waals surface area contributed by atoms with Crippen molar-refractivity contribution in [2.75, 3.05) is 43.0 Å². The topological polar surface area (TPSA) is 105 Å². The van der Waals surface area contributed by atoms with Gasteiger partial charge in [-0.15, -0.1) is 0 Å². The zero-order valence-corrected chi connectivity index (χ0v) is 15.5. The quantitative estimate of drug-likeness (QED) is 0.590. The molecule has 28 heavy (non-hydrogen) atoms. The molecular weight excluding hydrogens is 362 g/mol.